The van der Waals surface area contributed by atoms with E-state index in [9.17, 15) is 0 Å². The first-order valence-corrected chi connectivity index (χ1v) is 7.22. The van der Waals surface area contributed by atoms with Crippen LogP contribution in [0.25, 0.3) is 0 Å². The molecule has 1 aromatic rings. The van der Waals surface area contributed by atoms with Gasteiger partial charge in [0.15, 0.2) is 0 Å². The number of piperidine rings is 1. The molecule has 2 atom stereocenters. The molecule has 1 aromatic carbocycles. The standard InChI is InChI=1S/C14H21BrN2/c1-11-4-3-5-12(2)17(11)16-10-13-6-8-14(15)9-7-13/h6-9,11-12,16H,3-5,10H2,1-2H3. The van der Waals surface area contributed by atoms with Crippen LogP contribution in [0.5, 0.6) is 0 Å². The van der Waals surface area contributed by atoms with E-state index in [0.717, 1.165) is 11.0 Å². The van der Waals surface area contributed by atoms with Crippen LogP contribution in [0.2, 0.25) is 0 Å². The molecule has 94 valence electrons. The monoisotopic (exact) mass is 296 g/mol. The van der Waals surface area contributed by atoms with Gasteiger partial charge < -0.3 is 0 Å². The quantitative estimate of drug-likeness (QED) is 0.915. The van der Waals surface area contributed by atoms with Crippen molar-refractivity contribution in [2.75, 3.05) is 0 Å². The second-order valence-corrected chi connectivity index (χ2v) is 5.91. The van der Waals surface area contributed by atoms with Crippen molar-refractivity contribution in [3.8, 4) is 0 Å². The Labute approximate surface area is 112 Å². The molecule has 17 heavy (non-hydrogen) atoms. The SMILES string of the molecule is CC1CCCC(C)N1NCc1ccc(Br)cc1. The predicted molar refractivity (Wildman–Crippen MR) is 75.6 cm³/mol. The van der Waals surface area contributed by atoms with Crippen LogP contribution in [-0.4, -0.2) is 17.1 Å². The van der Waals surface area contributed by atoms with Crippen molar-refractivity contribution in [2.45, 2.75) is 51.7 Å². The van der Waals surface area contributed by atoms with Gasteiger partial charge in [0.2, 0.25) is 0 Å². The van der Waals surface area contributed by atoms with Gasteiger partial charge in [-0.3, -0.25) is 5.43 Å². The Hall–Kier alpha value is -0.380. The highest BCUT2D eigenvalue weighted by atomic mass is 79.9. The summed E-state index contributed by atoms with van der Waals surface area (Å²) in [6.07, 6.45) is 3.97. The van der Waals surface area contributed by atoms with E-state index in [0.29, 0.717) is 12.1 Å². The lowest BCUT2D eigenvalue weighted by molar-refractivity contribution is 0.0435. The number of rotatable bonds is 3. The Morgan fingerprint density at radius 1 is 1.18 bits per heavy atom. The number of halogens is 1. The van der Waals surface area contributed by atoms with E-state index in [1.807, 2.05) is 0 Å². The molecular weight excluding hydrogens is 276 g/mol. The maximum Gasteiger partial charge on any atom is 0.0353 e. The average Bonchev–Trinajstić information content (AvgIpc) is 2.31. The van der Waals surface area contributed by atoms with Gasteiger partial charge in [0, 0.05) is 23.1 Å². The summed E-state index contributed by atoms with van der Waals surface area (Å²) in [6, 6.07) is 9.82. The summed E-state index contributed by atoms with van der Waals surface area (Å²) in [5.74, 6) is 0. The molecule has 1 aliphatic heterocycles. The van der Waals surface area contributed by atoms with Crippen LogP contribution in [0.4, 0.5) is 0 Å². The summed E-state index contributed by atoms with van der Waals surface area (Å²) in [5.41, 5.74) is 4.91. The van der Waals surface area contributed by atoms with Crippen molar-refractivity contribution in [1.29, 1.82) is 0 Å². The maximum atomic E-state index is 3.57. The van der Waals surface area contributed by atoms with Crippen molar-refractivity contribution >= 4 is 15.9 Å². The molecule has 2 rings (SSSR count). The smallest absolute Gasteiger partial charge is 0.0353 e. The summed E-state index contributed by atoms with van der Waals surface area (Å²) in [5, 5.41) is 2.42. The molecule has 1 saturated heterocycles. The summed E-state index contributed by atoms with van der Waals surface area (Å²) < 4.78 is 1.14. The Morgan fingerprint density at radius 2 is 1.76 bits per heavy atom. The van der Waals surface area contributed by atoms with E-state index in [-0.39, 0.29) is 0 Å². The number of nitrogens with one attached hydrogen (secondary N) is 1. The molecule has 0 amide bonds. The first-order chi connectivity index (χ1) is 8.16. The largest absolute Gasteiger partial charge is 0.250 e. The zero-order valence-electron chi connectivity index (χ0n) is 10.6. The minimum absolute atomic E-state index is 0.647. The molecule has 2 unspecified atom stereocenters. The lowest BCUT2D eigenvalue weighted by Gasteiger charge is -2.39. The predicted octanol–water partition coefficient (Wildman–Crippen LogP) is 3.72. The van der Waals surface area contributed by atoms with Crippen molar-refractivity contribution in [2.24, 2.45) is 0 Å². The minimum atomic E-state index is 0.647. The number of hydrogen-bond donors (Lipinski definition) is 1. The Morgan fingerprint density at radius 3 is 2.35 bits per heavy atom. The molecule has 3 heteroatoms. The molecule has 0 aliphatic carbocycles. The molecule has 1 aliphatic rings. The topological polar surface area (TPSA) is 15.3 Å². The van der Waals surface area contributed by atoms with Gasteiger partial charge in [0.1, 0.15) is 0 Å². The third-order valence-electron chi connectivity index (χ3n) is 3.57. The molecule has 0 aromatic heterocycles. The van der Waals surface area contributed by atoms with Gasteiger partial charge in [-0.2, -0.15) is 0 Å². The van der Waals surface area contributed by atoms with Crippen LogP contribution in [-0.2, 0) is 6.54 Å². The minimum Gasteiger partial charge on any atom is -0.250 e. The van der Waals surface area contributed by atoms with Crippen LogP contribution < -0.4 is 5.43 Å². The number of hydrazine groups is 1. The lowest BCUT2D eigenvalue weighted by Crippen LogP contribution is -2.51. The van der Waals surface area contributed by atoms with E-state index >= 15 is 0 Å². The number of nitrogens with zero attached hydrogens (tertiary/aromatic N) is 1. The molecule has 1 N–H and O–H groups in total. The van der Waals surface area contributed by atoms with E-state index in [1.54, 1.807) is 0 Å². The van der Waals surface area contributed by atoms with Gasteiger partial charge in [0.05, 0.1) is 0 Å². The molecule has 0 spiro atoms. The average molecular weight is 297 g/mol. The molecule has 2 nitrogen and oxygen atoms in total. The summed E-state index contributed by atoms with van der Waals surface area (Å²) in [7, 11) is 0. The van der Waals surface area contributed by atoms with Crippen LogP contribution in [0.15, 0.2) is 28.7 Å². The molecular formula is C14H21BrN2. The van der Waals surface area contributed by atoms with E-state index in [4.69, 9.17) is 0 Å². The van der Waals surface area contributed by atoms with Crippen molar-refractivity contribution in [3.05, 3.63) is 34.3 Å². The third kappa shape index (κ3) is 3.54. The van der Waals surface area contributed by atoms with Gasteiger partial charge in [-0.1, -0.05) is 34.5 Å². The highest BCUT2D eigenvalue weighted by Gasteiger charge is 2.23. The van der Waals surface area contributed by atoms with Gasteiger partial charge in [-0.25, -0.2) is 5.01 Å². The normalized spacial score (nSPS) is 26.1. The zero-order chi connectivity index (χ0) is 12.3. The molecule has 0 radical (unpaired) electrons. The Kier molecular flexibility index (Phi) is 4.60. The van der Waals surface area contributed by atoms with E-state index in [1.165, 1.54) is 24.8 Å². The van der Waals surface area contributed by atoms with Crippen molar-refractivity contribution in [3.63, 3.8) is 0 Å². The molecule has 1 heterocycles. The molecule has 0 bridgehead atoms. The van der Waals surface area contributed by atoms with Gasteiger partial charge in [0.25, 0.3) is 0 Å². The second kappa shape index (κ2) is 5.98. The van der Waals surface area contributed by atoms with Gasteiger partial charge in [-0.05, 0) is 44.4 Å². The van der Waals surface area contributed by atoms with E-state index < -0.39 is 0 Å². The highest BCUT2D eigenvalue weighted by Crippen LogP contribution is 2.20. The van der Waals surface area contributed by atoms with E-state index in [2.05, 4.69) is 64.5 Å². The van der Waals surface area contributed by atoms with Crippen LogP contribution in [0.3, 0.4) is 0 Å². The fraction of sp³-hybridized carbons (Fsp3) is 0.571. The van der Waals surface area contributed by atoms with Crippen LogP contribution in [0.1, 0.15) is 38.7 Å². The Balaban J connectivity index is 1.90. The fourth-order valence-corrected chi connectivity index (χ4v) is 2.78. The summed E-state index contributed by atoms with van der Waals surface area (Å²) >= 11 is 3.46. The summed E-state index contributed by atoms with van der Waals surface area (Å²) in [6.45, 7) is 5.54. The van der Waals surface area contributed by atoms with Crippen molar-refractivity contribution in [1.82, 2.24) is 10.4 Å². The van der Waals surface area contributed by atoms with Crippen LogP contribution in [0, 0.1) is 0 Å². The molecule has 0 saturated carbocycles. The van der Waals surface area contributed by atoms with Crippen LogP contribution >= 0.6 is 15.9 Å². The van der Waals surface area contributed by atoms with Crippen molar-refractivity contribution < 1.29 is 0 Å². The first kappa shape index (κ1) is 13.1. The van der Waals surface area contributed by atoms with Gasteiger partial charge in [-0.15, -0.1) is 0 Å². The third-order valence-corrected chi connectivity index (χ3v) is 4.10. The lowest BCUT2D eigenvalue weighted by atomic mass is 10.00. The first-order valence-electron chi connectivity index (χ1n) is 6.43. The maximum absolute atomic E-state index is 3.57. The fourth-order valence-electron chi connectivity index (χ4n) is 2.52. The summed E-state index contributed by atoms with van der Waals surface area (Å²) in [4.78, 5) is 0. The molecule has 1 fully saturated rings. The number of benzene rings is 1. The second-order valence-electron chi connectivity index (χ2n) is 5.00. The highest BCUT2D eigenvalue weighted by molar-refractivity contribution is 9.10. The Bertz CT molecular complexity index is 340. The number of hydrogen-bond acceptors (Lipinski definition) is 2. The zero-order valence-corrected chi connectivity index (χ0v) is 12.2. The van der Waals surface area contributed by atoms with Gasteiger partial charge >= 0.3 is 0 Å².